The minimum atomic E-state index is -0.939. The van der Waals surface area contributed by atoms with Crippen LogP contribution in [0, 0.1) is 5.92 Å². The second-order valence-electron chi connectivity index (χ2n) is 10.2. The third-order valence-corrected chi connectivity index (χ3v) is 6.87. The summed E-state index contributed by atoms with van der Waals surface area (Å²) in [5.41, 5.74) is 0.863. The first kappa shape index (κ1) is 23.3. The summed E-state index contributed by atoms with van der Waals surface area (Å²) in [7, 11) is 0. The summed E-state index contributed by atoms with van der Waals surface area (Å²) in [4.78, 5) is 37.5. The summed E-state index contributed by atoms with van der Waals surface area (Å²) < 4.78 is 5.88. The van der Waals surface area contributed by atoms with Gasteiger partial charge in [-0.05, 0) is 70.4 Å². The molecule has 0 spiro atoms. The highest BCUT2D eigenvalue weighted by molar-refractivity contribution is 5.98. The third kappa shape index (κ3) is 5.28. The Morgan fingerprint density at radius 2 is 1.81 bits per heavy atom. The fourth-order valence-electron chi connectivity index (χ4n) is 5.38. The molecule has 2 atom stereocenters. The number of ketones is 1. The Hall–Kier alpha value is -2.37. The molecule has 1 aliphatic carbocycles. The van der Waals surface area contributed by atoms with Crippen molar-refractivity contribution in [2.24, 2.45) is 5.92 Å². The smallest absolute Gasteiger partial charge is 0.408 e. The highest BCUT2D eigenvalue weighted by Crippen LogP contribution is 2.44. The molecule has 1 unspecified atom stereocenters. The van der Waals surface area contributed by atoms with Crippen LogP contribution in [0.4, 0.5) is 4.79 Å². The standard InChI is InChI=1S/C25H35NO5/c1-17(26(23(29)30)24(2,3)4)19-11-9-18(10-12-19)13-14-25(20-7-5-6-8-20)16-21(27)15-22(28)31-25/h9-12,17,20H,5-8,13-16H2,1-4H3,(H,29,30)/t17-,25?/m1/s1. The Bertz CT molecular complexity index is 801. The molecule has 2 aliphatic rings. The normalized spacial score (nSPS) is 23.5. The number of carbonyl (C=O) groups excluding carboxylic acids is 2. The highest BCUT2D eigenvalue weighted by atomic mass is 16.6. The fraction of sp³-hybridized carbons (Fsp3) is 0.640. The van der Waals surface area contributed by atoms with Gasteiger partial charge >= 0.3 is 12.1 Å². The van der Waals surface area contributed by atoms with Crippen molar-refractivity contribution in [3.05, 3.63) is 35.4 Å². The molecule has 1 aromatic carbocycles. The number of aryl methyl sites for hydroxylation is 1. The number of benzene rings is 1. The Kier molecular flexibility index (Phi) is 6.77. The molecule has 0 bridgehead atoms. The van der Waals surface area contributed by atoms with Gasteiger partial charge in [0.05, 0.1) is 6.04 Å². The molecule has 1 amide bonds. The molecule has 1 N–H and O–H groups in total. The van der Waals surface area contributed by atoms with Crippen molar-refractivity contribution in [1.29, 1.82) is 0 Å². The number of amides is 1. The molecule has 1 heterocycles. The lowest BCUT2D eigenvalue weighted by Gasteiger charge is -2.41. The van der Waals surface area contributed by atoms with E-state index in [1.54, 1.807) is 0 Å². The minimum absolute atomic E-state index is 0.0109. The molecule has 1 aliphatic heterocycles. The number of carbonyl (C=O) groups is 3. The number of esters is 1. The van der Waals surface area contributed by atoms with Gasteiger partial charge in [0.1, 0.15) is 17.8 Å². The van der Waals surface area contributed by atoms with Gasteiger partial charge in [-0.1, -0.05) is 37.1 Å². The van der Waals surface area contributed by atoms with Crippen LogP contribution in [-0.2, 0) is 20.7 Å². The number of nitrogens with zero attached hydrogens (tertiary/aromatic N) is 1. The lowest BCUT2D eigenvalue weighted by atomic mass is 9.76. The molecule has 31 heavy (non-hydrogen) atoms. The first-order valence-corrected chi connectivity index (χ1v) is 11.4. The van der Waals surface area contributed by atoms with Gasteiger partial charge < -0.3 is 9.84 Å². The average Bonchev–Trinajstić information content (AvgIpc) is 3.20. The molecule has 2 fully saturated rings. The van der Waals surface area contributed by atoms with Crippen LogP contribution in [-0.4, -0.2) is 39.0 Å². The van der Waals surface area contributed by atoms with Crippen molar-refractivity contribution < 1.29 is 24.2 Å². The van der Waals surface area contributed by atoms with E-state index < -0.39 is 17.2 Å². The van der Waals surface area contributed by atoms with E-state index in [1.807, 2.05) is 52.0 Å². The van der Waals surface area contributed by atoms with E-state index in [1.165, 1.54) is 4.90 Å². The molecule has 6 nitrogen and oxygen atoms in total. The van der Waals surface area contributed by atoms with Gasteiger partial charge in [-0.2, -0.15) is 0 Å². The van der Waals surface area contributed by atoms with Gasteiger partial charge in [-0.3, -0.25) is 14.5 Å². The van der Waals surface area contributed by atoms with Crippen molar-refractivity contribution in [3.63, 3.8) is 0 Å². The number of hydrogen-bond acceptors (Lipinski definition) is 4. The molecule has 1 saturated heterocycles. The van der Waals surface area contributed by atoms with Gasteiger partial charge in [-0.15, -0.1) is 0 Å². The van der Waals surface area contributed by atoms with Crippen LogP contribution in [0.3, 0.4) is 0 Å². The zero-order valence-corrected chi connectivity index (χ0v) is 19.1. The van der Waals surface area contributed by atoms with E-state index in [4.69, 9.17) is 4.74 Å². The van der Waals surface area contributed by atoms with E-state index in [9.17, 15) is 19.5 Å². The van der Waals surface area contributed by atoms with E-state index in [2.05, 4.69) is 0 Å². The van der Waals surface area contributed by atoms with E-state index in [0.29, 0.717) is 19.3 Å². The number of ether oxygens (including phenoxy) is 1. The minimum Gasteiger partial charge on any atom is -0.465 e. The number of Topliss-reactive ketones (excluding diaryl/α,β-unsaturated/α-hetero) is 1. The van der Waals surface area contributed by atoms with Crippen molar-refractivity contribution in [2.45, 2.75) is 96.2 Å². The van der Waals surface area contributed by atoms with Gasteiger partial charge in [0.2, 0.25) is 0 Å². The Morgan fingerprint density at radius 3 is 2.32 bits per heavy atom. The molecule has 1 aromatic rings. The zero-order valence-electron chi connectivity index (χ0n) is 19.1. The largest absolute Gasteiger partial charge is 0.465 e. The van der Waals surface area contributed by atoms with E-state index in [0.717, 1.165) is 36.8 Å². The van der Waals surface area contributed by atoms with Crippen molar-refractivity contribution in [3.8, 4) is 0 Å². The van der Waals surface area contributed by atoms with Crippen LogP contribution in [0.25, 0.3) is 0 Å². The van der Waals surface area contributed by atoms with E-state index >= 15 is 0 Å². The van der Waals surface area contributed by atoms with Crippen LogP contribution in [0.1, 0.15) is 89.8 Å². The van der Waals surface area contributed by atoms with Crippen LogP contribution < -0.4 is 0 Å². The van der Waals surface area contributed by atoms with Crippen molar-refractivity contribution in [2.75, 3.05) is 0 Å². The Labute approximate surface area is 185 Å². The molecule has 0 aromatic heterocycles. The van der Waals surface area contributed by atoms with Crippen LogP contribution in [0.15, 0.2) is 24.3 Å². The molecular weight excluding hydrogens is 394 g/mol. The SMILES string of the molecule is C[C@H](c1ccc(CCC2(C3CCCC3)CC(=O)CC(=O)O2)cc1)N(C(=O)O)C(C)(C)C. The van der Waals surface area contributed by atoms with Gasteiger partial charge in [-0.25, -0.2) is 4.79 Å². The van der Waals surface area contributed by atoms with Crippen LogP contribution in [0.2, 0.25) is 0 Å². The fourth-order valence-corrected chi connectivity index (χ4v) is 5.38. The number of carboxylic acid groups (broad SMARTS) is 1. The van der Waals surface area contributed by atoms with Crippen LogP contribution in [0.5, 0.6) is 0 Å². The highest BCUT2D eigenvalue weighted by Gasteiger charge is 2.47. The predicted molar refractivity (Wildman–Crippen MR) is 118 cm³/mol. The molecule has 6 heteroatoms. The van der Waals surface area contributed by atoms with Gasteiger partial charge in [0, 0.05) is 12.0 Å². The Morgan fingerprint density at radius 1 is 1.19 bits per heavy atom. The summed E-state index contributed by atoms with van der Waals surface area (Å²) in [6.45, 7) is 7.57. The average molecular weight is 430 g/mol. The lowest BCUT2D eigenvalue weighted by Crippen LogP contribution is -2.48. The number of hydrogen-bond donors (Lipinski definition) is 1. The predicted octanol–water partition coefficient (Wildman–Crippen LogP) is 5.29. The number of rotatable bonds is 6. The van der Waals surface area contributed by atoms with Crippen molar-refractivity contribution >= 4 is 17.8 Å². The first-order chi connectivity index (χ1) is 14.5. The van der Waals surface area contributed by atoms with Gasteiger partial charge in [0.25, 0.3) is 0 Å². The maximum atomic E-state index is 12.2. The summed E-state index contributed by atoms with van der Waals surface area (Å²) in [6, 6.07) is 7.71. The maximum absolute atomic E-state index is 12.2. The molecule has 170 valence electrons. The maximum Gasteiger partial charge on any atom is 0.408 e. The second kappa shape index (κ2) is 9.01. The van der Waals surface area contributed by atoms with E-state index in [-0.39, 0.29) is 30.1 Å². The first-order valence-electron chi connectivity index (χ1n) is 11.4. The zero-order chi connectivity index (χ0) is 22.8. The van der Waals surface area contributed by atoms with Gasteiger partial charge in [0.15, 0.2) is 0 Å². The lowest BCUT2D eigenvalue weighted by molar-refractivity contribution is -0.178. The third-order valence-electron chi connectivity index (χ3n) is 6.87. The molecule has 3 rings (SSSR count). The van der Waals surface area contributed by atoms with Crippen molar-refractivity contribution in [1.82, 2.24) is 4.90 Å². The molecular formula is C25H35NO5. The monoisotopic (exact) mass is 429 g/mol. The summed E-state index contributed by atoms with van der Waals surface area (Å²) in [5.74, 6) is -0.137. The topological polar surface area (TPSA) is 83.9 Å². The summed E-state index contributed by atoms with van der Waals surface area (Å²) in [6.07, 6.45) is 4.92. The molecule has 1 saturated carbocycles. The number of cyclic esters (lactones) is 1. The summed E-state index contributed by atoms with van der Waals surface area (Å²) >= 11 is 0. The Balaban J connectivity index is 1.73. The summed E-state index contributed by atoms with van der Waals surface area (Å²) in [5, 5.41) is 9.66. The molecule has 0 radical (unpaired) electrons. The van der Waals surface area contributed by atoms with Crippen LogP contribution >= 0.6 is 0 Å². The quantitative estimate of drug-likeness (QED) is 0.490. The second-order valence-corrected chi connectivity index (χ2v) is 10.2.